The van der Waals surface area contributed by atoms with Crippen LogP contribution in [0.25, 0.3) is 6.08 Å². The molecule has 242 valence electrons. The third kappa shape index (κ3) is 4.49. The lowest BCUT2D eigenvalue weighted by Gasteiger charge is -2.73. The minimum atomic E-state index is -0.721. The molecule has 0 unspecified atom stereocenters. The Morgan fingerprint density at radius 3 is 2.32 bits per heavy atom. The predicted molar refractivity (Wildman–Crippen MR) is 174 cm³/mol. The summed E-state index contributed by atoms with van der Waals surface area (Å²) in [6.07, 6.45) is 11.6. The number of aliphatic hydroxyl groups is 2. The molecular weight excluding hydrogens is 548 g/mol. The molecule has 5 aliphatic rings. The molecule has 1 aromatic carbocycles. The second-order valence-corrected chi connectivity index (χ2v) is 17.1. The van der Waals surface area contributed by atoms with Crippen LogP contribution in [0.1, 0.15) is 105 Å². The third-order valence-electron chi connectivity index (χ3n) is 15.0. The Bertz CT molecular complexity index is 1310. The van der Waals surface area contributed by atoms with E-state index in [1.807, 2.05) is 0 Å². The van der Waals surface area contributed by atoms with E-state index < -0.39 is 18.2 Å². The Labute approximate surface area is 265 Å². The topological polar surface area (TPSA) is 87.0 Å². The molecule has 0 spiro atoms. The van der Waals surface area contributed by atoms with Gasteiger partial charge in [0, 0.05) is 18.1 Å². The Kier molecular flexibility index (Phi) is 7.76. The van der Waals surface area contributed by atoms with Crippen molar-refractivity contribution in [3.8, 4) is 5.75 Å². The van der Waals surface area contributed by atoms with Crippen LogP contribution >= 0.6 is 0 Å². The number of rotatable bonds is 5. The summed E-state index contributed by atoms with van der Waals surface area (Å²) in [7, 11) is 0. The van der Waals surface area contributed by atoms with Crippen molar-refractivity contribution < 1.29 is 24.9 Å². The molecule has 5 saturated carbocycles. The SMILES string of the molecule is C=C(C)[C@@H]1CC[C@]2(CO)CC[C@]3(C)[C@H](CC[C@@H]4[C@@]5(C)C[C@@H](O)[C@H](OC(=O)/C=C/c6ccc(O)cc6)C(C)(C)[C@@H]5CC[C@]43C)[C@@H]12. The van der Waals surface area contributed by atoms with Crippen LogP contribution in [-0.4, -0.2) is 40.1 Å². The molecule has 6 rings (SSSR count). The average Bonchev–Trinajstić information content (AvgIpc) is 3.36. The van der Waals surface area contributed by atoms with E-state index in [1.165, 1.54) is 24.5 Å². The molecule has 1 aromatic rings. The summed E-state index contributed by atoms with van der Waals surface area (Å²) >= 11 is 0. The number of phenolic OH excluding ortho intramolecular Hbond substituents is 1. The highest BCUT2D eigenvalue weighted by Crippen LogP contribution is 2.77. The van der Waals surface area contributed by atoms with Crippen LogP contribution in [0.15, 0.2) is 42.5 Å². The fraction of sp³-hybridized carbons (Fsp3) is 0.718. The maximum absolute atomic E-state index is 13.0. The minimum absolute atomic E-state index is 0.0505. The number of hydrogen-bond acceptors (Lipinski definition) is 5. The molecule has 5 heteroatoms. The summed E-state index contributed by atoms with van der Waals surface area (Å²) in [5.74, 6) is 2.18. The number of ether oxygens (including phenoxy) is 1. The number of aliphatic hydroxyl groups excluding tert-OH is 2. The van der Waals surface area contributed by atoms with Crippen LogP contribution < -0.4 is 0 Å². The van der Waals surface area contributed by atoms with Gasteiger partial charge in [-0.2, -0.15) is 0 Å². The number of benzene rings is 1. The fourth-order valence-electron chi connectivity index (χ4n) is 12.8. The number of carbonyl (C=O) groups is 1. The molecule has 0 bridgehead atoms. The molecule has 0 saturated heterocycles. The lowest BCUT2D eigenvalue weighted by atomic mass is 9.32. The molecule has 0 aliphatic heterocycles. The lowest BCUT2D eigenvalue weighted by molar-refractivity contribution is -0.266. The normalized spacial score (nSPS) is 46.0. The van der Waals surface area contributed by atoms with Gasteiger partial charge < -0.3 is 20.1 Å². The van der Waals surface area contributed by atoms with E-state index in [0.29, 0.717) is 42.6 Å². The lowest BCUT2D eigenvalue weighted by Crippen LogP contribution is -2.68. The van der Waals surface area contributed by atoms with Gasteiger partial charge in [-0.05, 0) is 140 Å². The van der Waals surface area contributed by atoms with Crippen LogP contribution in [0, 0.1) is 56.7 Å². The van der Waals surface area contributed by atoms with E-state index in [9.17, 15) is 20.1 Å². The van der Waals surface area contributed by atoms with Crippen molar-refractivity contribution >= 4 is 12.0 Å². The molecule has 5 fully saturated rings. The zero-order valence-corrected chi connectivity index (χ0v) is 27.9. The summed E-state index contributed by atoms with van der Waals surface area (Å²) in [4.78, 5) is 13.0. The first-order chi connectivity index (χ1) is 20.6. The molecule has 0 amide bonds. The van der Waals surface area contributed by atoms with Crippen molar-refractivity contribution in [1.29, 1.82) is 0 Å². The zero-order valence-electron chi connectivity index (χ0n) is 27.9. The van der Waals surface area contributed by atoms with Gasteiger partial charge >= 0.3 is 5.97 Å². The number of phenols is 1. The highest BCUT2D eigenvalue weighted by atomic mass is 16.6. The van der Waals surface area contributed by atoms with Gasteiger partial charge in [0.2, 0.25) is 0 Å². The summed E-state index contributed by atoms with van der Waals surface area (Å²) in [5, 5.41) is 32.1. The fourth-order valence-corrected chi connectivity index (χ4v) is 12.8. The predicted octanol–water partition coefficient (Wildman–Crippen LogP) is 7.94. The summed E-state index contributed by atoms with van der Waals surface area (Å²) in [6.45, 7) is 19.0. The van der Waals surface area contributed by atoms with Gasteiger partial charge in [-0.3, -0.25) is 0 Å². The maximum atomic E-state index is 13.0. The molecule has 5 aliphatic carbocycles. The molecule has 0 aromatic heterocycles. The molecule has 5 nitrogen and oxygen atoms in total. The Balaban J connectivity index is 1.26. The molecule has 0 heterocycles. The highest BCUT2D eigenvalue weighted by Gasteiger charge is 2.71. The smallest absolute Gasteiger partial charge is 0.331 e. The number of fused-ring (bicyclic) bond motifs is 7. The number of carbonyl (C=O) groups excluding carboxylic acids is 1. The monoisotopic (exact) mass is 604 g/mol. The van der Waals surface area contributed by atoms with Crippen LogP contribution in [-0.2, 0) is 9.53 Å². The molecule has 0 radical (unpaired) electrons. The molecule has 44 heavy (non-hydrogen) atoms. The van der Waals surface area contributed by atoms with Gasteiger partial charge in [0.05, 0.1) is 6.10 Å². The number of allylic oxidation sites excluding steroid dienone is 1. The van der Waals surface area contributed by atoms with Crippen molar-refractivity contribution in [2.24, 2.45) is 56.7 Å². The van der Waals surface area contributed by atoms with Gasteiger partial charge in [0.15, 0.2) is 0 Å². The van der Waals surface area contributed by atoms with Gasteiger partial charge in [-0.25, -0.2) is 4.79 Å². The minimum Gasteiger partial charge on any atom is -0.508 e. The first-order valence-corrected chi connectivity index (χ1v) is 17.2. The van der Waals surface area contributed by atoms with Crippen LogP contribution in [0.2, 0.25) is 0 Å². The molecule has 11 atom stereocenters. The Hall–Kier alpha value is -2.11. The van der Waals surface area contributed by atoms with Crippen molar-refractivity contribution in [2.75, 3.05) is 6.61 Å². The molecular formula is C39H56O5. The van der Waals surface area contributed by atoms with E-state index in [2.05, 4.69) is 48.1 Å². The number of esters is 1. The largest absolute Gasteiger partial charge is 0.508 e. The molecule has 3 N–H and O–H groups in total. The van der Waals surface area contributed by atoms with E-state index in [4.69, 9.17) is 4.74 Å². The van der Waals surface area contributed by atoms with E-state index in [0.717, 1.165) is 44.1 Å². The van der Waals surface area contributed by atoms with Crippen molar-refractivity contribution in [2.45, 2.75) is 112 Å². The van der Waals surface area contributed by atoms with E-state index in [1.54, 1.807) is 30.3 Å². The van der Waals surface area contributed by atoms with Gasteiger partial charge in [-0.15, -0.1) is 0 Å². The summed E-state index contributed by atoms with van der Waals surface area (Å²) < 4.78 is 6.07. The number of aromatic hydroxyl groups is 1. The Morgan fingerprint density at radius 2 is 1.66 bits per heavy atom. The van der Waals surface area contributed by atoms with Gasteiger partial charge in [0.25, 0.3) is 0 Å². The summed E-state index contributed by atoms with van der Waals surface area (Å²) in [5.41, 5.74) is 2.06. The first-order valence-electron chi connectivity index (χ1n) is 17.2. The summed E-state index contributed by atoms with van der Waals surface area (Å²) in [6, 6.07) is 6.68. The van der Waals surface area contributed by atoms with Crippen molar-refractivity contribution in [3.05, 3.63) is 48.1 Å². The quantitative estimate of drug-likeness (QED) is 0.180. The second-order valence-electron chi connectivity index (χ2n) is 17.1. The second kappa shape index (κ2) is 10.7. The van der Waals surface area contributed by atoms with Crippen LogP contribution in [0.4, 0.5) is 0 Å². The highest BCUT2D eigenvalue weighted by molar-refractivity contribution is 5.87. The van der Waals surface area contributed by atoms with Crippen LogP contribution in [0.3, 0.4) is 0 Å². The van der Waals surface area contributed by atoms with Crippen molar-refractivity contribution in [3.63, 3.8) is 0 Å². The maximum Gasteiger partial charge on any atom is 0.331 e. The van der Waals surface area contributed by atoms with Gasteiger partial charge in [-0.1, -0.05) is 58.9 Å². The standard InChI is InChI=1S/C39H56O5/c1-24(2)27-16-19-39(23-40)21-20-37(6)28(33(27)39)13-14-31-36(5)22-29(42)34(35(3,4)30(36)17-18-38(31,37)7)44-32(43)15-10-25-8-11-26(41)12-9-25/h8-12,15,27-31,33-34,40-42H,1,13-14,16-23H2,2-7H3/b15-10+/t27-,28+,29+,30-,31+,33+,34-,36-,37+,38+,39+/m0/s1. The van der Waals surface area contributed by atoms with E-state index >= 15 is 0 Å². The van der Waals surface area contributed by atoms with Gasteiger partial charge in [0.1, 0.15) is 11.9 Å². The number of hydrogen-bond donors (Lipinski definition) is 3. The average molecular weight is 605 g/mol. The van der Waals surface area contributed by atoms with Crippen LogP contribution in [0.5, 0.6) is 5.75 Å². The zero-order chi connectivity index (χ0) is 31.9. The van der Waals surface area contributed by atoms with E-state index in [-0.39, 0.29) is 32.8 Å². The Morgan fingerprint density at radius 1 is 0.955 bits per heavy atom. The third-order valence-corrected chi connectivity index (χ3v) is 15.0. The first kappa shape index (κ1) is 31.9. The van der Waals surface area contributed by atoms with Crippen molar-refractivity contribution in [1.82, 2.24) is 0 Å².